The number of amides is 4. The average molecular weight is 866 g/mol. The quantitative estimate of drug-likeness (QED) is 0.0932. The summed E-state index contributed by atoms with van der Waals surface area (Å²) >= 11 is 2.19. The molecule has 3 aliphatic rings. The van der Waals surface area contributed by atoms with E-state index in [1.807, 2.05) is 42.5 Å². The maximum Gasteiger partial charge on any atom is 0.335 e. The number of hydrogen-bond donors (Lipinski definition) is 1. The van der Waals surface area contributed by atoms with Gasteiger partial charge < -0.3 is 14.4 Å². The molecule has 6 aromatic rings. The molecule has 0 spiro atoms. The van der Waals surface area contributed by atoms with E-state index in [1.165, 1.54) is 22.9 Å². The number of ether oxygens (including phenoxy) is 2. The molecule has 0 radical (unpaired) electrons. The predicted molar refractivity (Wildman–Crippen MR) is 232 cm³/mol. The van der Waals surface area contributed by atoms with E-state index in [0.29, 0.717) is 29.4 Å². The molecule has 6 aromatic carbocycles. The summed E-state index contributed by atoms with van der Waals surface area (Å²) in [5.74, 6) is -0.276. The molecule has 0 saturated carbocycles. The van der Waals surface area contributed by atoms with Gasteiger partial charge >= 0.3 is 6.03 Å². The number of aryl methyl sites for hydroxylation is 1. The van der Waals surface area contributed by atoms with E-state index in [1.54, 1.807) is 13.2 Å². The maximum atomic E-state index is 14.5. The Morgan fingerprint density at radius 2 is 1.42 bits per heavy atom. The van der Waals surface area contributed by atoms with E-state index < -0.39 is 17.8 Å². The first-order valence-corrected chi connectivity index (χ1v) is 20.3. The number of nitrogens with zero attached hydrogens (tertiary/aromatic N) is 2. The summed E-state index contributed by atoms with van der Waals surface area (Å²) in [4.78, 5) is 45.3. The number of imide groups is 2. The summed E-state index contributed by atoms with van der Waals surface area (Å²) in [6, 6.07) is 40.0. The summed E-state index contributed by atoms with van der Waals surface area (Å²) in [6.07, 6.45) is 3.33. The van der Waals surface area contributed by atoms with E-state index in [2.05, 4.69) is 113 Å². The van der Waals surface area contributed by atoms with Gasteiger partial charge in [-0.15, -0.1) is 0 Å². The second kappa shape index (κ2) is 15.2. The standard InChI is InChI=1S/C48H40IN3O5/c1-29-17-18-33-15-9-10-16-35(33)41(29)28-57-45-42(49)24-30(25-43(45)56-2)23-40-46(53)50-48(55)52(47(40)54)34-26-38-36(31-11-5-3-6-12-31)19-21-51-22-20-37(39(27-34)44(38)51)32-13-7-4-8-14-32/h3-18,23-27,36-37H,19-22,28H2,1-2H3,(H,50,53,55)/b40-23+/t36-,37-/m0/s1. The third-order valence-corrected chi connectivity index (χ3v) is 12.4. The Hall–Kier alpha value is -5.94. The molecular formula is C48H40IN3O5. The zero-order valence-electron chi connectivity index (χ0n) is 31.6. The van der Waals surface area contributed by atoms with Crippen LogP contribution in [0.4, 0.5) is 16.2 Å². The molecule has 284 valence electrons. The van der Waals surface area contributed by atoms with Crippen LogP contribution in [0.2, 0.25) is 0 Å². The Bertz CT molecular complexity index is 2530. The molecule has 3 heterocycles. The number of barbiturate groups is 1. The van der Waals surface area contributed by atoms with Gasteiger partial charge in [0, 0.05) is 36.2 Å². The molecule has 0 aliphatic carbocycles. The molecule has 9 heteroatoms. The van der Waals surface area contributed by atoms with Gasteiger partial charge in [0.05, 0.1) is 16.4 Å². The van der Waals surface area contributed by atoms with Gasteiger partial charge in [0.15, 0.2) is 11.5 Å². The molecule has 9 rings (SSSR count). The summed E-state index contributed by atoms with van der Waals surface area (Å²) in [6.45, 7) is 4.23. The summed E-state index contributed by atoms with van der Waals surface area (Å²) in [5, 5.41) is 4.72. The van der Waals surface area contributed by atoms with Crippen molar-refractivity contribution in [2.75, 3.05) is 30.0 Å². The Morgan fingerprint density at radius 3 is 2.07 bits per heavy atom. The van der Waals surface area contributed by atoms with Crippen molar-refractivity contribution in [1.82, 2.24) is 5.32 Å². The van der Waals surface area contributed by atoms with Gasteiger partial charge in [-0.2, -0.15) is 0 Å². The fourth-order valence-corrected chi connectivity index (χ4v) is 9.55. The highest BCUT2D eigenvalue weighted by Gasteiger charge is 2.40. The zero-order chi connectivity index (χ0) is 39.2. The van der Waals surface area contributed by atoms with Crippen LogP contribution in [-0.4, -0.2) is 38.0 Å². The van der Waals surface area contributed by atoms with Gasteiger partial charge in [0.25, 0.3) is 11.8 Å². The van der Waals surface area contributed by atoms with Crippen LogP contribution < -0.4 is 24.6 Å². The van der Waals surface area contributed by atoms with Gasteiger partial charge in [-0.05, 0) is 117 Å². The molecule has 2 atom stereocenters. The largest absolute Gasteiger partial charge is 0.493 e. The van der Waals surface area contributed by atoms with Crippen LogP contribution in [0.1, 0.15) is 63.6 Å². The van der Waals surface area contributed by atoms with Crippen LogP contribution in [0.3, 0.4) is 0 Å². The van der Waals surface area contributed by atoms with Crippen molar-refractivity contribution in [3.05, 3.63) is 169 Å². The Labute approximate surface area is 345 Å². The third kappa shape index (κ3) is 6.73. The van der Waals surface area contributed by atoms with Crippen LogP contribution in [0, 0.1) is 10.5 Å². The van der Waals surface area contributed by atoms with Crippen molar-refractivity contribution in [3.8, 4) is 11.5 Å². The lowest BCUT2D eigenvalue weighted by atomic mass is 9.76. The number of nitrogens with one attached hydrogen (secondary N) is 1. The van der Waals surface area contributed by atoms with E-state index in [-0.39, 0.29) is 17.4 Å². The van der Waals surface area contributed by atoms with Gasteiger partial charge in [0.2, 0.25) is 0 Å². The van der Waals surface area contributed by atoms with E-state index in [0.717, 1.165) is 67.4 Å². The molecule has 4 amide bonds. The van der Waals surface area contributed by atoms with Gasteiger partial charge in [-0.3, -0.25) is 14.9 Å². The van der Waals surface area contributed by atoms with Crippen LogP contribution in [0.25, 0.3) is 16.8 Å². The molecule has 1 N–H and O–H groups in total. The van der Waals surface area contributed by atoms with E-state index in [4.69, 9.17) is 9.47 Å². The molecule has 8 nitrogen and oxygen atoms in total. The normalized spacial score (nSPS) is 18.4. The van der Waals surface area contributed by atoms with E-state index in [9.17, 15) is 14.4 Å². The number of carbonyl (C=O) groups is 3. The van der Waals surface area contributed by atoms with Gasteiger partial charge in [0.1, 0.15) is 12.2 Å². The molecule has 57 heavy (non-hydrogen) atoms. The van der Waals surface area contributed by atoms with Crippen molar-refractivity contribution in [3.63, 3.8) is 0 Å². The highest BCUT2D eigenvalue weighted by molar-refractivity contribution is 14.1. The minimum Gasteiger partial charge on any atom is -0.493 e. The Balaban J connectivity index is 1.09. The second-order valence-corrected chi connectivity index (χ2v) is 16.0. The molecule has 0 bridgehead atoms. The Kier molecular flexibility index (Phi) is 9.78. The number of urea groups is 1. The number of hydrogen-bond acceptors (Lipinski definition) is 6. The first kappa shape index (κ1) is 36.7. The first-order chi connectivity index (χ1) is 27.8. The lowest BCUT2D eigenvalue weighted by Gasteiger charge is -2.44. The first-order valence-electron chi connectivity index (χ1n) is 19.2. The molecule has 1 saturated heterocycles. The monoisotopic (exact) mass is 865 g/mol. The fourth-order valence-electron chi connectivity index (χ4n) is 8.77. The van der Waals surface area contributed by atoms with Crippen LogP contribution in [0.15, 0.2) is 127 Å². The smallest absolute Gasteiger partial charge is 0.335 e. The number of halogens is 1. The summed E-state index contributed by atoms with van der Waals surface area (Å²) in [7, 11) is 1.56. The zero-order valence-corrected chi connectivity index (χ0v) is 33.8. The molecule has 1 fully saturated rings. The summed E-state index contributed by atoms with van der Waals surface area (Å²) in [5.41, 5.74) is 8.76. The fraction of sp³-hybridized carbons (Fsp3) is 0.188. The maximum absolute atomic E-state index is 14.5. The molecule has 3 aliphatic heterocycles. The number of benzene rings is 6. The lowest BCUT2D eigenvalue weighted by molar-refractivity contribution is -0.122. The highest BCUT2D eigenvalue weighted by Crippen LogP contribution is 2.50. The number of anilines is 2. The molecule has 0 aromatic heterocycles. The number of carbonyl (C=O) groups excluding carboxylic acids is 3. The van der Waals surface area contributed by atoms with Crippen LogP contribution in [0.5, 0.6) is 11.5 Å². The molecular weight excluding hydrogens is 825 g/mol. The number of fused-ring (bicyclic) bond motifs is 1. The van der Waals surface area contributed by atoms with Gasteiger partial charge in [-0.25, -0.2) is 9.69 Å². The number of methoxy groups -OCH3 is 1. The third-order valence-electron chi connectivity index (χ3n) is 11.6. The topological polar surface area (TPSA) is 88.2 Å². The van der Waals surface area contributed by atoms with Crippen molar-refractivity contribution >= 4 is 68.7 Å². The van der Waals surface area contributed by atoms with Crippen molar-refractivity contribution in [2.45, 2.75) is 38.2 Å². The van der Waals surface area contributed by atoms with E-state index >= 15 is 0 Å². The SMILES string of the molecule is COc1cc(/C=C2\C(=O)NC(=O)N(c3cc4c5c(c3)[C@H](c3ccccc3)CCN5CC[C@H]4c3ccccc3)C2=O)cc(I)c1OCc1c(C)ccc2ccccc12. The predicted octanol–water partition coefficient (Wildman–Crippen LogP) is 9.88. The van der Waals surface area contributed by atoms with Crippen molar-refractivity contribution < 1.29 is 23.9 Å². The summed E-state index contributed by atoms with van der Waals surface area (Å²) < 4.78 is 13.0. The van der Waals surface area contributed by atoms with Crippen molar-refractivity contribution in [1.29, 1.82) is 0 Å². The Morgan fingerprint density at radius 1 is 0.789 bits per heavy atom. The molecule has 0 unspecified atom stereocenters. The minimum absolute atomic E-state index is 0.0741. The van der Waals surface area contributed by atoms with Crippen molar-refractivity contribution in [2.24, 2.45) is 0 Å². The average Bonchev–Trinajstić information content (AvgIpc) is 3.23. The second-order valence-electron chi connectivity index (χ2n) is 14.8. The van der Waals surface area contributed by atoms with Crippen LogP contribution in [-0.2, 0) is 16.2 Å². The van der Waals surface area contributed by atoms with Gasteiger partial charge in [-0.1, -0.05) is 97.1 Å². The lowest BCUT2D eigenvalue weighted by Crippen LogP contribution is -2.54. The minimum atomic E-state index is -0.773. The van der Waals surface area contributed by atoms with Crippen LogP contribution >= 0.6 is 22.6 Å². The number of rotatable bonds is 8. The highest BCUT2D eigenvalue weighted by atomic mass is 127.